The Morgan fingerprint density at radius 1 is 1.12 bits per heavy atom. The molecule has 3 aromatic rings. The third-order valence-corrected chi connectivity index (χ3v) is 5.27. The predicted molar refractivity (Wildman–Crippen MR) is 116 cm³/mol. The second-order valence-electron chi connectivity index (χ2n) is 7.87. The van der Waals surface area contributed by atoms with Crippen molar-refractivity contribution in [2.24, 2.45) is 0 Å². The number of nitrogens with one attached hydrogen (secondary N) is 1. The average Bonchev–Trinajstić information content (AvgIpc) is 3.42. The van der Waals surface area contributed by atoms with Crippen LogP contribution in [0.15, 0.2) is 53.1 Å². The van der Waals surface area contributed by atoms with Gasteiger partial charge < -0.3 is 19.2 Å². The number of amides is 1. The van der Waals surface area contributed by atoms with E-state index in [2.05, 4.69) is 15.2 Å². The molecule has 32 heavy (non-hydrogen) atoms. The number of nitrogens with zero attached hydrogens (tertiary/aromatic N) is 2. The van der Waals surface area contributed by atoms with Crippen LogP contribution in [-0.4, -0.2) is 28.6 Å². The molecule has 0 fully saturated rings. The van der Waals surface area contributed by atoms with Crippen molar-refractivity contribution in [2.75, 3.05) is 6.79 Å². The van der Waals surface area contributed by atoms with Gasteiger partial charge in [-0.2, -0.15) is 0 Å². The first kappa shape index (κ1) is 21.8. The maximum Gasteiger partial charge on any atom is 0.273 e. The van der Waals surface area contributed by atoms with E-state index in [1.807, 2.05) is 38.1 Å². The average molecular weight is 439 g/mol. The summed E-state index contributed by atoms with van der Waals surface area (Å²) in [5, 5.41) is 2.88. The lowest BCUT2D eigenvalue weighted by molar-refractivity contribution is 0.0934. The van der Waals surface area contributed by atoms with Crippen molar-refractivity contribution in [1.82, 2.24) is 15.2 Å². The number of carbonyl (C=O) groups is 1. The quantitative estimate of drug-likeness (QED) is 0.537. The van der Waals surface area contributed by atoms with Gasteiger partial charge in [-0.05, 0) is 48.7 Å². The summed E-state index contributed by atoms with van der Waals surface area (Å²) in [5.41, 5.74) is 2.08. The fourth-order valence-corrected chi connectivity index (χ4v) is 3.44. The van der Waals surface area contributed by atoms with Crippen molar-refractivity contribution in [2.45, 2.75) is 45.9 Å². The number of rotatable bonds is 9. The highest BCUT2D eigenvalue weighted by Gasteiger charge is 2.19. The third-order valence-electron chi connectivity index (χ3n) is 5.27. The van der Waals surface area contributed by atoms with Gasteiger partial charge in [-0.1, -0.05) is 25.1 Å². The van der Waals surface area contributed by atoms with Crippen LogP contribution in [-0.2, 0) is 19.6 Å². The lowest BCUT2D eigenvalue weighted by Gasteiger charge is -2.21. The zero-order chi connectivity index (χ0) is 22.5. The van der Waals surface area contributed by atoms with Crippen LogP contribution in [0.3, 0.4) is 0 Å². The summed E-state index contributed by atoms with van der Waals surface area (Å²) < 4.78 is 30.2. The molecule has 0 aliphatic carbocycles. The molecule has 7 nitrogen and oxygen atoms in total. The van der Waals surface area contributed by atoms with Gasteiger partial charge >= 0.3 is 0 Å². The number of halogens is 1. The van der Waals surface area contributed by atoms with Crippen molar-refractivity contribution < 1.29 is 23.1 Å². The summed E-state index contributed by atoms with van der Waals surface area (Å²) in [7, 11) is 0. The number of carbonyl (C=O) groups excluding carboxylic acids is 1. The maximum atomic E-state index is 13.7. The number of ether oxygens (including phenoxy) is 2. The van der Waals surface area contributed by atoms with Gasteiger partial charge in [0, 0.05) is 19.1 Å². The van der Waals surface area contributed by atoms with E-state index in [0.29, 0.717) is 31.3 Å². The van der Waals surface area contributed by atoms with E-state index in [1.165, 1.54) is 18.4 Å². The van der Waals surface area contributed by atoms with Crippen LogP contribution in [0.1, 0.15) is 47.8 Å². The highest BCUT2D eigenvalue weighted by molar-refractivity contribution is 5.92. The Hall–Kier alpha value is -3.39. The molecule has 1 N–H and O–H groups in total. The van der Waals surface area contributed by atoms with Crippen LogP contribution in [0.4, 0.5) is 4.39 Å². The first-order valence-electron chi connectivity index (χ1n) is 10.6. The number of aromatic nitrogens is 1. The summed E-state index contributed by atoms with van der Waals surface area (Å²) >= 11 is 0. The molecule has 0 unspecified atom stereocenters. The number of hydrogen-bond acceptors (Lipinski definition) is 6. The van der Waals surface area contributed by atoms with Crippen LogP contribution in [0.25, 0.3) is 0 Å². The summed E-state index contributed by atoms with van der Waals surface area (Å²) in [6.07, 6.45) is 2.20. The minimum absolute atomic E-state index is 0.0538. The van der Waals surface area contributed by atoms with Gasteiger partial charge in [0.1, 0.15) is 12.1 Å². The molecule has 1 aromatic heterocycles. The Bertz CT molecular complexity index is 1080. The second kappa shape index (κ2) is 9.82. The molecule has 1 aliphatic heterocycles. The Morgan fingerprint density at radius 2 is 1.91 bits per heavy atom. The summed E-state index contributed by atoms with van der Waals surface area (Å²) in [6, 6.07) is 12.3. The maximum absolute atomic E-state index is 13.7. The minimum Gasteiger partial charge on any atom is -0.454 e. The van der Waals surface area contributed by atoms with E-state index in [9.17, 15) is 9.18 Å². The van der Waals surface area contributed by atoms with E-state index < -0.39 is 0 Å². The van der Waals surface area contributed by atoms with Crippen molar-refractivity contribution in [3.63, 3.8) is 0 Å². The monoisotopic (exact) mass is 439 g/mol. The van der Waals surface area contributed by atoms with Crippen molar-refractivity contribution >= 4 is 5.91 Å². The van der Waals surface area contributed by atoms with Crippen LogP contribution in [0.2, 0.25) is 0 Å². The highest BCUT2D eigenvalue weighted by atomic mass is 19.1. The smallest absolute Gasteiger partial charge is 0.273 e. The largest absolute Gasteiger partial charge is 0.454 e. The number of benzene rings is 2. The fraction of sp³-hybridized carbons (Fsp3) is 0.333. The molecule has 2 heterocycles. The first-order chi connectivity index (χ1) is 15.5. The molecule has 0 bridgehead atoms. The molecular formula is C24H26FN3O4. The van der Waals surface area contributed by atoms with Gasteiger partial charge in [-0.25, -0.2) is 9.37 Å². The van der Waals surface area contributed by atoms with Gasteiger partial charge in [-0.15, -0.1) is 0 Å². The Kier molecular flexibility index (Phi) is 6.70. The molecule has 0 saturated carbocycles. The molecule has 1 aliphatic rings. The normalized spacial score (nSPS) is 13.4. The van der Waals surface area contributed by atoms with E-state index in [0.717, 1.165) is 23.3 Å². The zero-order valence-electron chi connectivity index (χ0n) is 18.1. The van der Waals surface area contributed by atoms with Gasteiger partial charge in [0.2, 0.25) is 12.7 Å². The van der Waals surface area contributed by atoms with Crippen molar-refractivity contribution in [3.8, 4) is 11.5 Å². The first-order valence-corrected chi connectivity index (χ1v) is 10.6. The topological polar surface area (TPSA) is 76.8 Å². The van der Waals surface area contributed by atoms with Gasteiger partial charge in [0.15, 0.2) is 17.2 Å². The van der Waals surface area contributed by atoms with E-state index >= 15 is 0 Å². The van der Waals surface area contributed by atoms with Gasteiger partial charge in [0.05, 0.1) is 6.54 Å². The van der Waals surface area contributed by atoms with Crippen molar-refractivity contribution in [3.05, 3.63) is 77.3 Å². The number of oxazole rings is 1. The molecule has 8 heteroatoms. The van der Waals surface area contributed by atoms with Gasteiger partial charge in [0.25, 0.3) is 5.91 Å². The van der Waals surface area contributed by atoms with Crippen LogP contribution < -0.4 is 14.8 Å². The van der Waals surface area contributed by atoms with E-state index in [-0.39, 0.29) is 30.3 Å². The second-order valence-corrected chi connectivity index (χ2v) is 7.87. The molecule has 1 amide bonds. The molecular weight excluding hydrogens is 413 g/mol. The third kappa shape index (κ3) is 5.45. The number of fused-ring (bicyclic) bond motifs is 1. The lowest BCUT2D eigenvalue weighted by Crippen LogP contribution is -2.32. The minimum atomic E-state index is -0.286. The SMILES string of the molecule is CC[C@@H](C)NC(=O)c1coc(CN(Cc2cccc(F)c2)Cc2ccc3c(c2)OCO3)n1. The molecule has 0 saturated heterocycles. The van der Waals surface area contributed by atoms with Crippen LogP contribution in [0, 0.1) is 5.82 Å². The van der Waals surface area contributed by atoms with Crippen molar-refractivity contribution in [1.29, 1.82) is 0 Å². The molecule has 4 rings (SSSR count). The fourth-order valence-electron chi connectivity index (χ4n) is 3.44. The summed E-state index contributed by atoms with van der Waals surface area (Å²) in [5.74, 6) is 1.28. The molecule has 0 radical (unpaired) electrons. The Balaban J connectivity index is 1.51. The van der Waals surface area contributed by atoms with E-state index in [1.54, 1.807) is 6.07 Å². The Morgan fingerprint density at radius 3 is 2.69 bits per heavy atom. The summed E-state index contributed by atoms with van der Waals surface area (Å²) in [4.78, 5) is 18.7. The number of hydrogen-bond donors (Lipinski definition) is 1. The van der Waals surface area contributed by atoms with Crippen LogP contribution >= 0.6 is 0 Å². The Labute approximate surface area is 186 Å². The van der Waals surface area contributed by atoms with Crippen LogP contribution in [0.5, 0.6) is 11.5 Å². The lowest BCUT2D eigenvalue weighted by atomic mass is 10.1. The summed E-state index contributed by atoms with van der Waals surface area (Å²) in [6.45, 7) is 5.52. The molecule has 168 valence electrons. The molecule has 1 atom stereocenters. The molecule has 2 aromatic carbocycles. The zero-order valence-corrected chi connectivity index (χ0v) is 18.1. The van der Waals surface area contributed by atoms with Gasteiger partial charge in [-0.3, -0.25) is 9.69 Å². The molecule has 0 spiro atoms. The standard InChI is InChI=1S/C24H26FN3O4/c1-3-16(2)26-24(29)20-14-30-23(27-20)13-28(11-17-5-4-6-19(25)9-17)12-18-7-8-21-22(10-18)32-15-31-21/h4-10,14,16H,3,11-13,15H2,1-2H3,(H,26,29)/t16-/m1/s1. The van der Waals surface area contributed by atoms with E-state index in [4.69, 9.17) is 13.9 Å². The highest BCUT2D eigenvalue weighted by Crippen LogP contribution is 2.33. The predicted octanol–water partition coefficient (Wildman–Crippen LogP) is 4.27.